The highest BCUT2D eigenvalue weighted by molar-refractivity contribution is 5.37. The Bertz CT molecular complexity index is 508. The Morgan fingerprint density at radius 3 is 2.94 bits per heavy atom. The minimum atomic E-state index is -0.562. The highest BCUT2D eigenvalue weighted by atomic mass is 16.2. The molecule has 0 bridgehead atoms. The predicted molar refractivity (Wildman–Crippen MR) is 62.2 cm³/mol. The second kappa shape index (κ2) is 3.99. The molecule has 2 fully saturated rings. The number of nitrogens with one attached hydrogen (secondary N) is 3. The zero-order valence-corrected chi connectivity index (χ0v) is 9.40. The summed E-state index contributed by atoms with van der Waals surface area (Å²) < 4.78 is 0. The molecule has 0 aliphatic carbocycles. The molecule has 3 rings (SSSR count). The number of aromatic nitrogens is 3. The van der Waals surface area contributed by atoms with Crippen molar-refractivity contribution in [3.05, 3.63) is 20.8 Å². The number of H-pyrrole nitrogens is 2. The van der Waals surface area contributed by atoms with Crippen LogP contribution in [-0.4, -0.2) is 40.9 Å². The molecule has 7 heteroatoms. The monoisotopic (exact) mass is 237 g/mol. The number of piperidine rings is 1. The molecule has 2 unspecified atom stereocenters. The summed E-state index contributed by atoms with van der Waals surface area (Å²) in [6.07, 6.45) is 2.37. The van der Waals surface area contributed by atoms with Gasteiger partial charge in [-0.2, -0.15) is 0 Å². The fourth-order valence-corrected chi connectivity index (χ4v) is 2.78. The molecule has 0 amide bonds. The summed E-state index contributed by atoms with van der Waals surface area (Å²) in [6.45, 7) is 2.66. The third kappa shape index (κ3) is 1.86. The average molecular weight is 237 g/mol. The van der Waals surface area contributed by atoms with Crippen LogP contribution in [0.5, 0.6) is 0 Å². The van der Waals surface area contributed by atoms with Crippen molar-refractivity contribution in [3.63, 3.8) is 0 Å². The number of nitrogens with zero attached hydrogens (tertiary/aromatic N) is 2. The minimum absolute atomic E-state index is 0.320. The maximum atomic E-state index is 11.6. The van der Waals surface area contributed by atoms with Crippen LogP contribution in [0.1, 0.15) is 12.8 Å². The molecule has 2 saturated heterocycles. The van der Waals surface area contributed by atoms with Gasteiger partial charge in [-0.3, -0.25) is 9.78 Å². The molecule has 0 saturated carbocycles. The third-order valence-corrected chi connectivity index (χ3v) is 3.59. The number of hydrogen-bond donors (Lipinski definition) is 3. The van der Waals surface area contributed by atoms with E-state index in [1.54, 1.807) is 0 Å². The van der Waals surface area contributed by atoms with Crippen molar-refractivity contribution < 1.29 is 0 Å². The maximum absolute atomic E-state index is 11.6. The van der Waals surface area contributed by atoms with E-state index in [2.05, 4.69) is 20.5 Å². The number of aromatic amines is 2. The van der Waals surface area contributed by atoms with Gasteiger partial charge in [-0.15, -0.1) is 5.10 Å². The van der Waals surface area contributed by atoms with E-state index in [0.29, 0.717) is 17.8 Å². The van der Waals surface area contributed by atoms with Gasteiger partial charge in [0.2, 0.25) is 5.82 Å². The fraction of sp³-hybridized carbons (Fsp3) is 0.700. The lowest BCUT2D eigenvalue weighted by Gasteiger charge is -2.24. The zero-order chi connectivity index (χ0) is 11.8. The van der Waals surface area contributed by atoms with Gasteiger partial charge in [0, 0.05) is 19.1 Å². The van der Waals surface area contributed by atoms with Gasteiger partial charge in [0.25, 0.3) is 5.56 Å². The number of rotatable bonds is 1. The first-order valence-electron chi connectivity index (χ1n) is 5.91. The van der Waals surface area contributed by atoms with E-state index in [0.717, 1.165) is 19.6 Å². The minimum Gasteiger partial charge on any atom is -0.349 e. The number of hydrogen-bond acceptors (Lipinski definition) is 5. The standard InChI is InChI=1S/C10H15N5O2/c16-9-8(13-14-10(17)12-9)15-4-6-2-1-3-11-7(6)5-15/h6-7,11H,1-5H2,(H2,12,14,16,17). The molecule has 2 aliphatic heterocycles. The number of anilines is 1. The van der Waals surface area contributed by atoms with Crippen LogP contribution in [0.2, 0.25) is 0 Å². The molecule has 92 valence electrons. The van der Waals surface area contributed by atoms with Crippen molar-refractivity contribution in [1.82, 2.24) is 20.5 Å². The Labute approximate surface area is 97.2 Å². The second-order valence-electron chi connectivity index (χ2n) is 4.70. The lowest BCUT2D eigenvalue weighted by Crippen LogP contribution is -2.41. The third-order valence-electron chi connectivity index (χ3n) is 3.59. The molecule has 2 atom stereocenters. The summed E-state index contributed by atoms with van der Waals surface area (Å²) in [6, 6.07) is 0.442. The molecular weight excluding hydrogens is 222 g/mol. The topological polar surface area (TPSA) is 93.9 Å². The van der Waals surface area contributed by atoms with Gasteiger partial charge >= 0.3 is 5.69 Å². The summed E-state index contributed by atoms with van der Waals surface area (Å²) in [4.78, 5) is 26.7. The first kappa shape index (κ1) is 10.5. The lowest BCUT2D eigenvalue weighted by atomic mass is 9.94. The summed E-state index contributed by atoms with van der Waals surface area (Å²) in [5.74, 6) is 0.901. The van der Waals surface area contributed by atoms with Crippen molar-refractivity contribution in [1.29, 1.82) is 0 Å². The normalized spacial score (nSPS) is 28.1. The Morgan fingerprint density at radius 1 is 1.29 bits per heavy atom. The van der Waals surface area contributed by atoms with Crippen molar-refractivity contribution >= 4 is 5.82 Å². The molecule has 0 spiro atoms. The second-order valence-corrected chi connectivity index (χ2v) is 4.70. The SMILES string of the molecule is O=c1[nH]nc(N2CC3CCCNC3C2)c(=O)[nH]1. The van der Waals surface area contributed by atoms with E-state index >= 15 is 0 Å². The quantitative estimate of drug-likeness (QED) is 0.561. The summed E-state index contributed by atoms with van der Waals surface area (Å²) >= 11 is 0. The Morgan fingerprint density at radius 2 is 2.18 bits per heavy atom. The van der Waals surface area contributed by atoms with Gasteiger partial charge in [-0.25, -0.2) is 9.89 Å². The van der Waals surface area contributed by atoms with Crippen LogP contribution >= 0.6 is 0 Å². The summed E-state index contributed by atoms with van der Waals surface area (Å²) in [5.41, 5.74) is -0.971. The van der Waals surface area contributed by atoms with Crippen LogP contribution in [-0.2, 0) is 0 Å². The van der Waals surface area contributed by atoms with E-state index in [1.165, 1.54) is 12.8 Å². The van der Waals surface area contributed by atoms with Gasteiger partial charge < -0.3 is 10.2 Å². The van der Waals surface area contributed by atoms with Gasteiger partial charge in [0.1, 0.15) is 0 Å². The highest BCUT2D eigenvalue weighted by Gasteiger charge is 2.35. The molecule has 0 radical (unpaired) electrons. The molecule has 3 heterocycles. The van der Waals surface area contributed by atoms with E-state index < -0.39 is 11.2 Å². The largest absolute Gasteiger partial charge is 0.349 e. The predicted octanol–water partition coefficient (Wildman–Crippen LogP) is -1.35. The first-order valence-corrected chi connectivity index (χ1v) is 5.91. The summed E-state index contributed by atoms with van der Waals surface area (Å²) in [7, 11) is 0. The Balaban J connectivity index is 1.86. The molecule has 3 N–H and O–H groups in total. The number of fused-ring (bicyclic) bond motifs is 1. The van der Waals surface area contributed by atoms with Gasteiger partial charge in [0.15, 0.2) is 0 Å². The van der Waals surface area contributed by atoms with Crippen molar-refractivity contribution in [2.75, 3.05) is 24.5 Å². The van der Waals surface area contributed by atoms with Gasteiger partial charge in [-0.05, 0) is 25.3 Å². The Kier molecular flexibility index (Phi) is 2.47. The first-order chi connectivity index (χ1) is 8.24. The van der Waals surface area contributed by atoms with Gasteiger partial charge in [-0.1, -0.05) is 0 Å². The van der Waals surface area contributed by atoms with Crippen LogP contribution in [0.3, 0.4) is 0 Å². The molecule has 7 nitrogen and oxygen atoms in total. The molecule has 2 aliphatic rings. The van der Waals surface area contributed by atoms with E-state index in [-0.39, 0.29) is 0 Å². The molecule has 1 aromatic rings. The van der Waals surface area contributed by atoms with Crippen LogP contribution in [0, 0.1) is 5.92 Å². The van der Waals surface area contributed by atoms with Crippen molar-refractivity contribution in [3.8, 4) is 0 Å². The summed E-state index contributed by atoms with van der Waals surface area (Å²) in [5, 5.41) is 9.57. The van der Waals surface area contributed by atoms with E-state index in [4.69, 9.17) is 0 Å². The molecule has 0 aromatic carbocycles. The van der Waals surface area contributed by atoms with Crippen molar-refractivity contribution in [2.24, 2.45) is 5.92 Å². The average Bonchev–Trinajstić information content (AvgIpc) is 2.72. The Hall–Kier alpha value is -1.63. The molecular formula is C10H15N5O2. The smallest absolute Gasteiger partial charge is 0.342 e. The molecule has 1 aromatic heterocycles. The lowest BCUT2D eigenvalue weighted by molar-refractivity contribution is 0.340. The fourth-order valence-electron chi connectivity index (χ4n) is 2.78. The zero-order valence-electron chi connectivity index (χ0n) is 9.40. The van der Waals surface area contributed by atoms with Crippen LogP contribution in [0.4, 0.5) is 5.82 Å². The van der Waals surface area contributed by atoms with Crippen LogP contribution in [0.15, 0.2) is 9.59 Å². The van der Waals surface area contributed by atoms with Gasteiger partial charge in [0.05, 0.1) is 0 Å². The van der Waals surface area contributed by atoms with Crippen LogP contribution < -0.4 is 21.5 Å². The maximum Gasteiger partial charge on any atom is 0.342 e. The highest BCUT2D eigenvalue weighted by Crippen LogP contribution is 2.26. The van der Waals surface area contributed by atoms with E-state index in [9.17, 15) is 9.59 Å². The molecule has 17 heavy (non-hydrogen) atoms. The van der Waals surface area contributed by atoms with Crippen molar-refractivity contribution in [2.45, 2.75) is 18.9 Å². The van der Waals surface area contributed by atoms with E-state index in [1.807, 2.05) is 4.90 Å². The van der Waals surface area contributed by atoms with Crippen LogP contribution in [0.25, 0.3) is 0 Å².